The van der Waals surface area contributed by atoms with Crippen molar-refractivity contribution < 1.29 is 14.7 Å². The Labute approximate surface area is 200 Å². The van der Waals surface area contributed by atoms with Crippen molar-refractivity contribution in [2.24, 2.45) is 11.7 Å². The third-order valence-corrected chi connectivity index (χ3v) is 7.14. The third-order valence-electron chi connectivity index (χ3n) is 7.14. The number of amides is 2. The molecule has 1 fully saturated rings. The first-order chi connectivity index (χ1) is 16.5. The number of hydrogen-bond donors (Lipinski definition) is 2. The lowest BCUT2D eigenvalue weighted by Crippen LogP contribution is -2.53. The molecule has 174 valence electrons. The van der Waals surface area contributed by atoms with E-state index < -0.39 is 17.4 Å². The fourth-order valence-electron chi connectivity index (χ4n) is 5.45. The second-order valence-electron chi connectivity index (χ2n) is 8.91. The highest BCUT2D eigenvalue weighted by molar-refractivity contribution is 5.83. The summed E-state index contributed by atoms with van der Waals surface area (Å²) in [5.74, 6) is -1.30. The zero-order chi connectivity index (χ0) is 24.1. The molecule has 0 saturated carbocycles. The largest absolute Gasteiger partial charge is 0.481 e. The van der Waals surface area contributed by atoms with Crippen LogP contribution in [0.4, 0.5) is 4.79 Å². The Morgan fingerprint density at radius 1 is 0.971 bits per heavy atom. The molecule has 0 aromatic heterocycles. The molecule has 1 heterocycles. The predicted molar refractivity (Wildman–Crippen MR) is 134 cm³/mol. The summed E-state index contributed by atoms with van der Waals surface area (Å²) in [6, 6.07) is 27.2. The van der Waals surface area contributed by atoms with Crippen LogP contribution in [0.2, 0.25) is 0 Å². The van der Waals surface area contributed by atoms with Gasteiger partial charge in [-0.15, -0.1) is 6.58 Å². The maximum atomic E-state index is 13.1. The van der Waals surface area contributed by atoms with E-state index in [1.165, 1.54) is 0 Å². The summed E-state index contributed by atoms with van der Waals surface area (Å²) in [5.41, 5.74) is 8.31. The van der Waals surface area contributed by atoms with Crippen molar-refractivity contribution in [3.05, 3.63) is 109 Å². The van der Waals surface area contributed by atoms with Crippen LogP contribution in [0, 0.1) is 5.92 Å². The van der Waals surface area contributed by atoms with E-state index in [4.69, 9.17) is 5.73 Å². The molecule has 1 aliphatic heterocycles. The first kappa shape index (κ1) is 23.3. The molecular weight excluding hydrogens is 424 g/mol. The summed E-state index contributed by atoms with van der Waals surface area (Å²) >= 11 is 0. The fourth-order valence-corrected chi connectivity index (χ4v) is 5.45. The highest BCUT2D eigenvalue weighted by atomic mass is 16.4. The number of carboxylic acids is 1. The van der Waals surface area contributed by atoms with Gasteiger partial charge in [-0.05, 0) is 41.0 Å². The predicted octanol–water partition coefficient (Wildman–Crippen LogP) is 5.44. The number of rotatable bonds is 7. The van der Waals surface area contributed by atoms with Crippen LogP contribution >= 0.6 is 0 Å². The summed E-state index contributed by atoms with van der Waals surface area (Å²) in [5, 5.41) is 10.7. The number of carbonyl (C=O) groups is 2. The second-order valence-corrected chi connectivity index (χ2v) is 8.91. The molecule has 3 aromatic rings. The minimum absolute atomic E-state index is 0.174. The van der Waals surface area contributed by atoms with E-state index in [0.29, 0.717) is 19.5 Å². The summed E-state index contributed by atoms with van der Waals surface area (Å²) in [6.45, 7) is 4.72. The van der Waals surface area contributed by atoms with Crippen LogP contribution < -0.4 is 5.73 Å². The molecular formula is C29H30N2O3. The van der Waals surface area contributed by atoms with Crippen molar-refractivity contribution in [2.45, 2.75) is 24.2 Å². The number of likely N-dealkylation sites (tertiary alicyclic amines) is 1. The topological polar surface area (TPSA) is 83.6 Å². The number of piperidine rings is 1. The third kappa shape index (κ3) is 4.34. The van der Waals surface area contributed by atoms with Crippen LogP contribution in [0.1, 0.15) is 29.9 Å². The highest BCUT2D eigenvalue weighted by Gasteiger charge is 2.51. The minimum Gasteiger partial charge on any atom is -0.481 e. The lowest BCUT2D eigenvalue weighted by Gasteiger charge is -2.47. The molecule has 0 aliphatic carbocycles. The zero-order valence-corrected chi connectivity index (χ0v) is 19.1. The monoisotopic (exact) mass is 454 g/mol. The molecule has 3 unspecified atom stereocenters. The molecule has 1 saturated heterocycles. The number of nitrogens with two attached hydrogens (primary N) is 1. The maximum Gasteiger partial charge on any atom is 0.314 e. The maximum absolute atomic E-state index is 13.1. The van der Waals surface area contributed by atoms with Gasteiger partial charge >= 0.3 is 12.0 Å². The Morgan fingerprint density at radius 2 is 1.56 bits per heavy atom. The number of carbonyl (C=O) groups excluding carboxylic acids is 1. The van der Waals surface area contributed by atoms with E-state index in [1.54, 1.807) is 11.0 Å². The Hall–Kier alpha value is -3.86. The number of aliphatic carboxylic acids is 1. The van der Waals surface area contributed by atoms with Gasteiger partial charge < -0.3 is 15.7 Å². The molecule has 5 nitrogen and oxygen atoms in total. The van der Waals surface area contributed by atoms with Crippen molar-refractivity contribution in [3.8, 4) is 11.1 Å². The van der Waals surface area contributed by atoms with Crippen LogP contribution in [0.5, 0.6) is 0 Å². The van der Waals surface area contributed by atoms with Crippen molar-refractivity contribution in [3.63, 3.8) is 0 Å². The average molecular weight is 455 g/mol. The molecule has 3 N–H and O–H groups in total. The van der Waals surface area contributed by atoms with Gasteiger partial charge in [-0.2, -0.15) is 0 Å². The quantitative estimate of drug-likeness (QED) is 0.467. The van der Waals surface area contributed by atoms with Crippen LogP contribution in [0.3, 0.4) is 0 Å². The first-order valence-electron chi connectivity index (χ1n) is 11.6. The van der Waals surface area contributed by atoms with Crippen LogP contribution in [0.25, 0.3) is 11.1 Å². The van der Waals surface area contributed by atoms with E-state index in [2.05, 4.69) is 6.58 Å². The number of nitrogens with zero attached hydrogens (tertiary/aromatic N) is 1. The number of benzene rings is 3. The summed E-state index contributed by atoms with van der Waals surface area (Å²) in [4.78, 5) is 26.7. The van der Waals surface area contributed by atoms with E-state index in [0.717, 1.165) is 22.3 Å². The molecule has 2 amide bonds. The smallest absolute Gasteiger partial charge is 0.314 e. The number of urea groups is 1. The zero-order valence-electron chi connectivity index (χ0n) is 19.1. The first-order valence-corrected chi connectivity index (χ1v) is 11.6. The second kappa shape index (κ2) is 9.96. The van der Waals surface area contributed by atoms with Gasteiger partial charge in [0.2, 0.25) is 0 Å². The fraction of sp³-hybridized carbons (Fsp3) is 0.241. The van der Waals surface area contributed by atoms with Crippen molar-refractivity contribution in [1.82, 2.24) is 4.90 Å². The molecule has 1 aliphatic rings. The van der Waals surface area contributed by atoms with Crippen LogP contribution in [0.15, 0.2) is 97.6 Å². The van der Waals surface area contributed by atoms with E-state index in [1.807, 2.05) is 84.9 Å². The lowest BCUT2D eigenvalue weighted by atomic mass is 9.60. The number of allylic oxidation sites excluding steroid dienone is 1. The average Bonchev–Trinajstić information content (AvgIpc) is 2.88. The number of primary amides is 1. The van der Waals surface area contributed by atoms with Gasteiger partial charge in [0.25, 0.3) is 0 Å². The van der Waals surface area contributed by atoms with Gasteiger partial charge in [0, 0.05) is 19.0 Å². The van der Waals surface area contributed by atoms with Gasteiger partial charge in [0.05, 0.1) is 5.41 Å². The van der Waals surface area contributed by atoms with Gasteiger partial charge in [-0.3, -0.25) is 4.79 Å². The van der Waals surface area contributed by atoms with E-state index >= 15 is 0 Å². The normalized spacial score (nSPS) is 19.7. The molecule has 0 radical (unpaired) electrons. The molecule has 3 atom stereocenters. The van der Waals surface area contributed by atoms with E-state index in [9.17, 15) is 14.7 Å². The Morgan fingerprint density at radius 3 is 2.12 bits per heavy atom. The molecule has 0 spiro atoms. The number of carboxylic acid groups (broad SMARTS) is 1. The Kier molecular flexibility index (Phi) is 6.82. The van der Waals surface area contributed by atoms with Crippen molar-refractivity contribution in [2.75, 3.05) is 13.1 Å². The minimum atomic E-state index is -1.18. The summed E-state index contributed by atoms with van der Waals surface area (Å²) in [7, 11) is 0. The molecule has 5 heteroatoms. The van der Waals surface area contributed by atoms with Crippen LogP contribution in [-0.4, -0.2) is 35.1 Å². The summed E-state index contributed by atoms with van der Waals surface area (Å²) < 4.78 is 0. The van der Waals surface area contributed by atoms with Crippen molar-refractivity contribution in [1.29, 1.82) is 0 Å². The van der Waals surface area contributed by atoms with Gasteiger partial charge in [0.15, 0.2) is 0 Å². The molecule has 0 bridgehead atoms. The number of hydrogen-bond acceptors (Lipinski definition) is 2. The molecule has 4 rings (SSSR count). The van der Waals surface area contributed by atoms with Gasteiger partial charge in [-0.25, -0.2) is 4.79 Å². The molecule has 3 aromatic carbocycles. The van der Waals surface area contributed by atoms with Crippen molar-refractivity contribution >= 4 is 12.0 Å². The Bertz CT molecular complexity index is 1150. The van der Waals surface area contributed by atoms with E-state index in [-0.39, 0.29) is 18.3 Å². The molecule has 34 heavy (non-hydrogen) atoms. The van der Waals surface area contributed by atoms with Gasteiger partial charge in [0.1, 0.15) is 0 Å². The highest BCUT2D eigenvalue weighted by Crippen LogP contribution is 2.48. The Balaban J connectivity index is 1.81. The lowest BCUT2D eigenvalue weighted by molar-refractivity contribution is -0.147. The summed E-state index contributed by atoms with van der Waals surface area (Å²) in [6.07, 6.45) is 2.52. The van der Waals surface area contributed by atoms with Crippen LogP contribution in [-0.2, 0) is 10.2 Å². The standard InChI is InChI=1S/C29H30N2O3/c1-2-18-29(27(32)33,24-15-13-22(14-16-24)21-9-5-3-6-10-21)26-17-19-31(28(30)34)20-25(26)23-11-7-4-8-12-23/h2-16,25-26H,1,17-20H2,(H2,30,34)(H,32,33). The SMILES string of the molecule is C=CCC(C(=O)O)(c1ccc(-c2ccccc2)cc1)C1CCN(C(N)=O)CC1c1ccccc1. The van der Waals surface area contributed by atoms with Gasteiger partial charge in [-0.1, -0.05) is 91.0 Å².